The molecule has 0 radical (unpaired) electrons. The van der Waals surface area contributed by atoms with Crippen molar-refractivity contribution in [2.24, 2.45) is 5.92 Å². The number of carbonyl (C=O) groups is 2. The number of rotatable bonds is 2. The fraction of sp³-hybridized carbons (Fsp3) is 0.500. The molecule has 1 N–H and O–H groups in total. The molecule has 2 saturated heterocycles. The number of nitrogens with zero attached hydrogens (tertiary/aromatic N) is 2. The van der Waals surface area contributed by atoms with E-state index in [1.54, 1.807) is 9.80 Å². The van der Waals surface area contributed by atoms with E-state index in [1.165, 1.54) is 0 Å². The minimum atomic E-state index is -3.06. The lowest BCUT2D eigenvalue weighted by atomic mass is 10.1. The SMILES string of the molecule is O=C(Nc1ccccc1)N1CCN(C(=O)[C@@H]2CCS(=O)(=O)C2)CC1. The molecule has 2 heterocycles. The van der Waals surface area contributed by atoms with Gasteiger partial charge in [0.25, 0.3) is 0 Å². The zero-order valence-electron chi connectivity index (χ0n) is 13.3. The molecule has 0 aromatic heterocycles. The van der Waals surface area contributed by atoms with E-state index in [0.29, 0.717) is 32.6 Å². The van der Waals surface area contributed by atoms with E-state index in [2.05, 4.69) is 5.32 Å². The van der Waals surface area contributed by atoms with E-state index >= 15 is 0 Å². The van der Waals surface area contributed by atoms with Gasteiger partial charge in [0.1, 0.15) is 0 Å². The number of para-hydroxylation sites is 1. The van der Waals surface area contributed by atoms with E-state index in [1.807, 2.05) is 30.3 Å². The second-order valence-electron chi connectivity index (χ2n) is 6.21. The van der Waals surface area contributed by atoms with Crippen molar-refractivity contribution in [1.29, 1.82) is 0 Å². The molecule has 0 aliphatic carbocycles. The second kappa shape index (κ2) is 6.80. The van der Waals surface area contributed by atoms with Crippen molar-refractivity contribution < 1.29 is 18.0 Å². The van der Waals surface area contributed by atoms with Gasteiger partial charge in [0.2, 0.25) is 5.91 Å². The average molecular weight is 351 g/mol. The summed E-state index contributed by atoms with van der Waals surface area (Å²) in [7, 11) is -3.06. The molecule has 7 nitrogen and oxygen atoms in total. The molecular weight excluding hydrogens is 330 g/mol. The molecule has 0 bridgehead atoms. The molecule has 2 fully saturated rings. The Balaban J connectivity index is 1.50. The van der Waals surface area contributed by atoms with Crippen molar-refractivity contribution in [1.82, 2.24) is 9.80 Å². The lowest BCUT2D eigenvalue weighted by molar-refractivity contribution is -0.136. The fourth-order valence-electron chi connectivity index (χ4n) is 3.10. The quantitative estimate of drug-likeness (QED) is 0.854. The molecule has 2 aliphatic heterocycles. The number of nitrogens with one attached hydrogen (secondary N) is 1. The molecule has 3 rings (SSSR count). The highest BCUT2D eigenvalue weighted by Gasteiger charge is 2.36. The Labute approximate surface area is 141 Å². The molecule has 0 saturated carbocycles. The molecule has 1 aromatic carbocycles. The zero-order valence-corrected chi connectivity index (χ0v) is 14.2. The van der Waals surface area contributed by atoms with Crippen LogP contribution in [0.25, 0.3) is 0 Å². The molecular formula is C16H21N3O4S. The van der Waals surface area contributed by atoms with E-state index in [0.717, 1.165) is 5.69 Å². The van der Waals surface area contributed by atoms with Crippen molar-refractivity contribution in [2.75, 3.05) is 43.0 Å². The third-order valence-electron chi connectivity index (χ3n) is 4.49. The lowest BCUT2D eigenvalue weighted by Crippen LogP contribution is -2.53. The Morgan fingerprint density at radius 2 is 1.62 bits per heavy atom. The first-order valence-corrected chi connectivity index (χ1v) is 9.87. The highest BCUT2D eigenvalue weighted by molar-refractivity contribution is 7.91. The number of sulfone groups is 1. The average Bonchev–Trinajstić information content (AvgIpc) is 2.95. The molecule has 0 unspecified atom stereocenters. The van der Waals surface area contributed by atoms with Crippen molar-refractivity contribution in [2.45, 2.75) is 6.42 Å². The van der Waals surface area contributed by atoms with Gasteiger partial charge >= 0.3 is 6.03 Å². The summed E-state index contributed by atoms with van der Waals surface area (Å²) in [5.74, 6) is -0.456. The highest BCUT2D eigenvalue weighted by atomic mass is 32.2. The number of urea groups is 1. The van der Waals surface area contributed by atoms with Gasteiger partial charge in [0.15, 0.2) is 9.84 Å². The van der Waals surface area contributed by atoms with Crippen molar-refractivity contribution in [3.8, 4) is 0 Å². The minimum Gasteiger partial charge on any atom is -0.339 e. The van der Waals surface area contributed by atoms with Crippen LogP contribution in [0.1, 0.15) is 6.42 Å². The standard InChI is InChI=1S/C16H21N3O4S/c20-15(13-6-11-24(22,23)12-13)18-7-9-19(10-8-18)16(21)17-14-4-2-1-3-5-14/h1-5,13H,6-12H2,(H,17,21)/t13-/m1/s1. The van der Waals surface area contributed by atoms with Crippen LogP contribution in [-0.4, -0.2) is 67.8 Å². The smallest absolute Gasteiger partial charge is 0.321 e. The van der Waals surface area contributed by atoms with Crippen LogP contribution in [0.15, 0.2) is 30.3 Å². The topological polar surface area (TPSA) is 86.8 Å². The molecule has 1 atom stereocenters. The molecule has 0 spiro atoms. The first-order chi connectivity index (χ1) is 11.4. The predicted octanol–water partition coefficient (Wildman–Crippen LogP) is 0.797. The Morgan fingerprint density at radius 3 is 2.21 bits per heavy atom. The second-order valence-corrected chi connectivity index (χ2v) is 8.44. The van der Waals surface area contributed by atoms with Crippen molar-refractivity contribution >= 4 is 27.5 Å². The first kappa shape index (κ1) is 16.8. The molecule has 8 heteroatoms. The summed E-state index contributed by atoms with van der Waals surface area (Å²) >= 11 is 0. The van der Waals surface area contributed by atoms with E-state index in [-0.39, 0.29) is 23.4 Å². The summed E-state index contributed by atoms with van der Waals surface area (Å²) in [6, 6.07) is 9.03. The highest BCUT2D eigenvalue weighted by Crippen LogP contribution is 2.21. The van der Waals surface area contributed by atoms with Gasteiger partial charge < -0.3 is 15.1 Å². The maximum atomic E-state index is 12.4. The molecule has 130 valence electrons. The van der Waals surface area contributed by atoms with E-state index in [4.69, 9.17) is 0 Å². The Hall–Kier alpha value is -2.09. The molecule has 2 aliphatic rings. The monoisotopic (exact) mass is 351 g/mol. The van der Waals surface area contributed by atoms with Crippen LogP contribution in [0.4, 0.5) is 10.5 Å². The number of piperazine rings is 1. The summed E-state index contributed by atoms with van der Waals surface area (Å²) in [6.45, 7) is 1.78. The van der Waals surface area contributed by atoms with Crippen LogP contribution >= 0.6 is 0 Å². The van der Waals surface area contributed by atoms with Gasteiger partial charge in [-0.25, -0.2) is 13.2 Å². The molecule has 24 heavy (non-hydrogen) atoms. The van der Waals surface area contributed by atoms with Gasteiger partial charge in [-0.1, -0.05) is 18.2 Å². The summed E-state index contributed by atoms with van der Waals surface area (Å²) in [4.78, 5) is 28.0. The number of benzene rings is 1. The van der Waals surface area contributed by atoms with E-state index < -0.39 is 15.8 Å². The van der Waals surface area contributed by atoms with Gasteiger partial charge in [-0.2, -0.15) is 0 Å². The normalized spacial score (nSPS) is 23.1. The predicted molar refractivity (Wildman–Crippen MR) is 90.4 cm³/mol. The lowest BCUT2D eigenvalue weighted by Gasteiger charge is -2.35. The van der Waals surface area contributed by atoms with Crippen molar-refractivity contribution in [3.63, 3.8) is 0 Å². The number of amides is 3. The van der Waals surface area contributed by atoms with Crippen molar-refractivity contribution in [3.05, 3.63) is 30.3 Å². The van der Waals surface area contributed by atoms with Gasteiger partial charge in [-0.15, -0.1) is 0 Å². The largest absolute Gasteiger partial charge is 0.339 e. The summed E-state index contributed by atoms with van der Waals surface area (Å²) < 4.78 is 23.0. The minimum absolute atomic E-state index is 0.0411. The Bertz CT molecular complexity index is 712. The van der Waals surface area contributed by atoms with Gasteiger partial charge in [0.05, 0.1) is 17.4 Å². The maximum Gasteiger partial charge on any atom is 0.321 e. The molecule has 1 aromatic rings. The van der Waals surface area contributed by atoms with Gasteiger partial charge in [0, 0.05) is 31.9 Å². The van der Waals surface area contributed by atoms with Crippen LogP contribution in [0.3, 0.4) is 0 Å². The van der Waals surface area contributed by atoms with Crippen LogP contribution in [0.2, 0.25) is 0 Å². The van der Waals surface area contributed by atoms with Crippen LogP contribution in [0.5, 0.6) is 0 Å². The number of hydrogen-bond donors (Lipinski definition) is 1. The van der Waals surface area contributed by atoms with Gasteiger partial charge in [-0.05, 0) is 18.6 Å². The zero-order chi connectivity index (χ0) is 17.2. The van der Waals surface area contributed by atoms with Crippen LogP contribution < -0.4 is 5.32 Å². The number of carbonyl (C=O) groups excluding carboxylic acids is 2. The summed E-state index contributed by atoms with van der Waals surface area (Å²) in [6.07, 6.45) is 0.413. The van der Waals surface area contributed by atoms with Crippen LogP contribution in [-0.2, 0) is 14.6 Å². The molecule has 3 amide bonds. The summed E-state index contributed by atoms with van der Waals surface area (Å²) in [5, 5.41) is 2.83. The fourth-order valence-corrected chi connectivity index (χ4v) is 4.83. The third kappa shape index (κ3) is 3.87. The Kier molecular flexibility index (Phi) is 4.75. The first-order valence-electron chi connectivity index (χ1n) is 8.05. The number of hydrogen-bond acceptors (Lipinski definition) is 4. The Morgan fingerprint density at radius 1 is 1.00 bits per heavy atom. The van der Waals surface area contributed by atoms with E-state index in [9.17, 15) is 18.0 Å². The third-order valence-corrected chi connectivity index (χ3v) is 6.25. The van der Waals surface area contributed by atoms with Crippen LogP contribution in [0, 0.1) is 5.92 Å². The summed E-state index contributed by atoms with van der Waals surface area (Å²) in [5.41, 5.74) is 0.733. The van der Waals surface area contributed by atoms with Gasteiger partial charge in [-0.3, -0.25) is 4.79 Å². The maximum absolute atomic E-state index is 12.4. The number of anilines is 1.